The summed E-state index contributed by atoms with van der Waals surface area (Å²) in [7, 11) is 3.50. The first-order valence-corrected chi connectivity index (χ1v) is 11.1. The van der Waals surface area contributed by atoms with Crippen LogP contribution in [0.1, 0.15) is 15.9 Å². The molecule has 0 aliphatic carbocycles. The van der Waals surface area contributed by atoms with Crippen molar-refractivity contribution in [2.75, 3.05) is 19.4 Å². The zero-order chi connectivity index (χ0) is 23.5. The molecule has 0 spiro atoms. The third-order valence-corrected chi connectivity index (χ3v) is 5.74. The van der Waals surface area contributed by atoms with E-state index in [0.29, 0.717) is 5.56 Å². The lowest BCUT2D eigenvalue weighted by Gasteiger charge is -2.13. The molecule has 0 bridgehead atoms. The Kier molecular flexibility index (Phi) is 5.79. The summed E-state index contributed by atoms with van der Waals surface area (Å²) in [5.41, 5.74) is 5.98. The van der Waals surface area contributed by atoms with E-state index in [1.165, 1.54) is 5.56 Å². The number of aromatic nitrogens is 3. The Morgan fingerprint density at radius 2 is 1.74 bits per heavy atom. The van der Waals surface area contributed by atoms with Gasteiger partial charge in [-0.05, 0) is 48.0 Å². The number of rotatable bonds is 6. The first kappa shape index (κ1) is 21.4. The lowest BCUT2D eigenvalue weighted by molar-refractivity contribution is 0.0827. The average Bonchev–Trinajstić information content (AvgIpc) is 3.23. The van der Waals surface area contributed by atoms with Gasteiger partial charge in [0.05, 0.1) is 11.2 Å². The molecule has 1 amide bonds. The molecule has 0 aliphatic heterocycles. The monoisotopic (exact) mass is 447 g/mol. The van der Waals surface area contributed by atoms with Gasteiger partial charge in [-0.15, -0.1) is 0 Å². The normalized spacial score (nSPS) is 10.9. The van der Waals surface area contributed by atoms with Crippen molar-refractivity contribution in [1.82, 2.24) is 19.4 Å². The van der Waals surface area contributed by atoms with Crippen LogP contribution in [0.25, 0.3) is 22.2 Å². The van der Waals surface area contributed by atoms with Gasteiger partial charge in [0.1, 0.15) is 5.82 Å². The van der Waals surface area contributed by atoms with Crippen LogP contribution in [0.5, 0.6) is 0 Å². The van der Waals surface area contributed by atoms with E-state index in [9.17, 15) is 4.79 Å². The molecule has 1 N–H and O–H groups in total. The number of pyridine rings is 2. The number of hydrogen-bond acceptors (Lipinski definition) is 4. The highest BCUT2D eigenvalue weighted by Crippen LogP contribution is 2.30. The van der Waals surface area contributed by atoms with Crippen molar-refractivity contribution in [3.8, 4) is 11.3 Å². The summed E-state index contributed by atoms with van der Waals surface area (Å²) in [6.07, 6.45) is 5.57. The number of nitrogens with one attached hydrogen (secondary N) is 1. The Morgan fingerprint density at radius 1 is 0.941 bits per heavy atom. The SMILES string of the molecule is CN(C)C(=O)c1ccc(Nc2cc3c(cn2)cc(-c2cccnc2)n3Cc2ccccc2)cc1. The molecule has 3 aromatic heterocycles. The van der Waals surface area contributed by atoms with Gasteiger partial charge < -0.3 is 14.8 Å². The van der Waals surface area contributed by atoms with Crippen LogP contribution in [0.4, 0.5) is 11.5 Å². The van der Waals surface area contributed by atoms with E-state index in [1.54, 1.807) is 25.2 Å². The number of hydrogen-bond donors (Lipinski definition) is 1. The Bertz CT molecular complexity index is 1420. The third-order valence-electron chi connectivity index (χ3n) is 5.74. The van der Waals surface area contributed by atoms with E-state index in [0.717, 1.165) is 40.2 Å². The maximum atomic E-state index is 12.2. The van der Waals surface area contributed by atoms with Crippen molar-refractivity contribution in [2.45, 2.75) is 6.54 Å². The van der Waals surface area contributed by atoms with Crippen LogP contribution in [0.3, 0.4) is 0 Å². The van der Waals surface area contributed by atoms with Crippen molar-refractivity contribution in [2.24, 2.45) is 0 Å². The summed E-state index contributed by atoms with van der Waals surface area (Å²) in [4.78, 5) is 22.7. The summed E-state index contributed by atoms with van der Waals surface area (Å²) in [5.74, 6) is 0.720. The molecule has 0 aliphatic rings. The maximum Gasteiger partial charge on any atom is 0.253 e. The quantitative estimate of drug-likeness (QED) is 0.368. The Balaban J connectivity index is 1.51. The number of carbonyl (C=O) groups excluding carboxylic acids is 1. The largest absolute Gasteiger partial charge is 0.345 e. The fourth-order valence-electron chi connectivity index (χ4n) is 4.02. The third kappa shape index (κ3) is 4.38. The van der Waals surface area contributed by atoms with Crippen LogP contribution in [-0.2, 0) is 6.54 Å². The number of anilines is 2. The lowest BCUT2D eigenvalue weighted by Crippen LogP contribution is -2.21. The standard InChI is InChI=1S/C28H25N5O/c1-32(2)28(34)21-10-12-24(13-11-21)31-27-16-26-23(18-30-27)15-25(22-9-6-14-29-17-22)33(26)19-20-7-4-3-5-8-20/h3-18H,19H2,1-2H3,(H,30,31). The first-order chi connectivity index (χ1) is 16.6. The second-order valence-electron chi connectivity index (χ2n) is 8.37. The second-order valence-corrected chi connectivity index (χ2v) is 8.37. The predicted octanol–water partition coefficient (Wildman–Crippen LogP) is 5.59. The van der Waals surface area contributed by atoms with Gasteiger partial charge in [0.25, 0.3) is 5.91 Å². The summed E-state index contributed by atoms with van der Waals surface area (Å²) in [6.45, 7) is 0.735. The molecule has 0 saturated heterocycles. The number of amides is 1. The van der Waals surface area contributed by atoms with E-state index in [-0.39, 0.29) is 5.91 Å². The zero-order valence-electron chi connectivity index (χ0n) is 19.1. The minimum atomic E-state index is -0.0206. The molecule has 5 rings (SSSR count). The number of fused-ring (bicyclic) bond motifs is 1. The van der Waals surface area contributed by atoms with Crippen LogP contribution in [0.2, 0.25) is 0 Å². The van der Waals surface area contributed by atoms with Crippen LogP contribution in [0.15, 0.2) is 97.5 Å². The Morgan fingerprint density at radius 3 is 2.44 bits per heavy atom. The molecule has 6 nitrogen and oxygen atoms in total. The molecule has 0 radical (unpaired) electrons. The fraction of sp³-hybridized carbons (Fsp3) is 0.107. The van der Waals surface area contributed by atoms with Crippen LogP contribution >= 0.6 is 0 Å². The van der Waals surface area contributed by atoms with Crippen LogP contribution in [0, 0.1) is 0 Å². The highest BCUT2D eigenvalue weighted by atomic mass is 16.2. The van der Waals surface area contributed by atoms with Gasteiger partial charge in [-0.1, -0.05) is 30.3 Å². The lowest BCUT2D eigenvalue weighted by atomic mass is 10.2. The fourth-order valence-corrected chi connectivity index (χ4v) is 4.02. The average molecular weight is 448 g/mol. The predicted molar refractivity (Wildman–Crippen MR) is 136 cm³/mol. The highest BCUT2D eigenvalue weighted by Gasteiger charge is 2.13. The van der Waals surface area contributed by atoms with Gasteiger partial charge in [0.2, 0.25) is 0 Å². The van der Waals surface area contributed by atoms with Crippen molar-refractivity contribution < 1.29 is 4.79 Å². The molecule has 0 fully saturated rings. The maximum absolute atomic E-state index is 12.2. The topological polar surface area (TPSA) is 63.1 Å². The molecule has 0 atom stereocenters. The zero-order valence-corrected chi connectivity index (χ0v) is 19.1. The van der Waals surface area contributed by atoms with Crippen molar-refractivity contribution in [3.05, 3.63) is 109 Å². The van der Waals surface area contributed by atoms with E-state index in [2.05, 4.69) is 62.3 Å². The summed E-state index contributed by atoms with van der Waals surface area (Å²) >= 11 is 0. The van der Waals surface area contributed by atoms with Crippen molar-refractivity contribution >= 4 is 28.3 Å². The molecule has 5 aromatic rings. The number of nitrogens with zero attached hydrogens (tertiary/aromatic N) is 4. The molecule has 0 saturated carbocycles. The summed E-state index contributed by atoms with van der Waals surface area (Å²) < 4.78 is 2.30. The molecule has 168 valence electrons. The Hall–Kier alpha value is -4.45. The molecular weight excluding hydrogens is 422 g/mol. The van der Waals surface area contributed by atoms with Gasteiger partial charge in [0.15, 0.2) is 0 Å². The van der Waals surface area contributed by atoms with Crippen molar-refractivity contribution in [3.63, 3.8) is 0 Å². The second kappa shape index (κ2) is 9.19. The van der Waals surface area contributed by atoms with E-state index in [4.69, 9.17) is 0 Å². The van der Waals surface area contributed by atoms with Gasteiger partial charge in [-0.3, -0.25) is 9.78 Å². The van der Waals surface area contributed by atoms with E-state index < -0.39 is 0 Å². The first-order valence-electron chi connectivity index (χ1n) is 11.1. The van der Waals surface area contributed by atoms with E-state index in [1.807, 2.05) is 48.8 Å². The van der Waals surface area contributed by atoms with Crippen LogP contribution < -0.4 is 5.32 Å². The van der Waals surface area contributed by atoms with Crippen LogP contribution in [-0.4, -0.2) is 39.4 Å². The minimum absolute atomic E-state index is 0.0206. The van der Waals surface area contributed by atoms with Crippen molar-refractivity contribution in [1.29, 1.82) is 0 Å². The molecule has 34 heavy (non-hydrogen) atoms. The Labute approximate surface area is 198 Å². The van der Waals surface area contributed by atoms with Gasteiger partial charge in [-0.2, -0.15) is 0 Å². The molecule has 6 heteroatoms. The molecule has 3 heterocycles. The molecular formula is C28H25N5O. The summed E-state index contributed by atoms with van der Waals surface area (Å²) in [5, 5.41) is 4.43. The van der Waals surface area contributed by atoms with Gasteiger partial charge in [0, 0.05) is 67.5 Å². The molecule has 2 aromatic carbocycles. The highest BCUT2D eigenvalue weighted by molar-refractivity contribution is 5.94. The number of carbonyl (C=O) groups is 1. The van der Waals surface area contributed by atoms with Gasteiger partial charge in [-0.25, -0.2) is 4.98 Å². The number of benzene rings is 2. The summed E-state index contributed by atoms with van der Waals surface area (Å²) in [6, 6.07) is 26.1. The van der Waals surface area contributed by atoms with Gasteiger partial charge >= 0.3 is 0 Å². The van der Waals surface area contributed by atoms with E-state index >= 15 is 0 Å². The minimum Gasteiger partial charge on any atom is -0.345 e. The smallest absolute Gasteiger partial charge is 0.253 e. The molecule has 0 unspecified atom stereocenters.